The molecule has 0 aliphatic heterocycles. The Balaban J connectivity index is 1.74. The van der Waals surface area contributed by atoms with Gasteiger partial charge in [0.2, 0.25) is 0 Å². The molecule has 0 spiro atoms. The monoisotopic (exact) mass is 424 g/mol. The molecule has 0 fully saturated rings. The third-order valence-electron chi connectivity index (χ3n) is 5.49. The SMILES string of the molecule is Cc1cccc(-c2nc(C(N)=O)[nH]c2-c2ccc3c(c2)n(C)c(=O)n3-c2ccncc2)c1. The molecule has 0 radical (unpaired) electrons. The van der Waals surface area contributed by atoms with E-state index in [4.69, 9.17) is 5.73 Å². The zero-order valence-corrected chi connectivity index (χ0v) is 17.5. The van der Waals surface area contributed by atoms with E-state index in [1.807, 2.05) is 49.4 Å². The predicted octanol–water partition coefficient (Wildman–Crippen LogP) is 3.19. The van der Waals surface area contributed by atoms with E-state index < -0.39 is 5.91 Å². The van der Waals surface area contributed by atoms with Gasteiger partial charge in [-0.25, -0.2) is 9.78 Å². The molecule has 5 rings (SSSR count). The molecule has 0 unspecified atom stereocenters. The van der Waals surface area contributed by atoms with Crippen molar-refractivity contribution < 1.29 is 4.79 Å². The zero-order chi connectivity index (χ0) is 22.4. The maximum atomic E-state index is 13.0. The van der Waals surface area contributed by atoms with Crippen molar-refractivity contribution in [1.82, 2.24) is 24.1 Å². The largest absolute Gasteiger partial charge is 0.363 e. The molecule has 0 saturated carbocycles. The lowest BCUT2D eigenvalue weighted by atomic mass is 10.0. The van der Waals surface area contributed by atoms with Crippen LogP contribution in [0.3, 0.4) is 0 Å². The van der Waals surface area contributed by atoms with E-state index in [1.54, 1.807) is 40.7 Å². The fourth-order valence-electron chi connectivity index (χ4n) is 3.94. The number of primary amides is 1. The Morgan fingerprint density at radius 3 is 2.50 bits per heavy atom. The van der Waals surface area contributed by atoms with Crippen molar-refractivity contribution in [3.05, 3.63) is 88.9 Å². The molecule has 0 atom stereocenters. The minimum atomic E-state index is -0.637. The Morgan fingerprint density at radius 2 is 1.78 bits per heavy atom. The van der Waals surface area contributed by atoms with E-state index in [1.165, 1.54) is 0 Å². The molecular weight excluding hydrogens is 404 g/mol. The van der Waals surface area contributed by atoms with Gasteiger partial charge in [0.05, 0.1) is 28.1 Å². The standard InChI is InChI=1S/C24H20N6O2/c1-14-4-3-5-15(12-14)20-21(28-23(27-20)22(25)31)16-6-7-18-19(13-16)29(2)24(32)30(18)17-8-10-26-11-9-17/h3-13H,1-2H3,(H2,25,31)(H,27,28). The smallest absolute Gasteiger partial charge is 0.333 e. The number of hydrogen-bond acceptors (Lipinski definition) is 4. The fourth-order valence-corrected chi connectivity index (χ4v) is 3.94. The number of rotatable bonds is 4. The second kappa shape index (κ2) is 7.35. The third kappa shape index (κ3) is 3.09. The maximum absolute atomic E-state index is 13.0. The van der Waals surface area contributed by atoms with Crippen molar-refractivity contribution in [3.8, 4) is 28.2 Å². The second-order valence-corrected chi connectivity index (χ2v) is 7.63. The topological polar surface area (TPSA) is 112 Å². The number of amides is 1. The summed E-state index contributed by atoms with van der Waals surface area (Å²) in [5, 5.41) is 0. The van der Waals surface area contributed by atoms with Gasteiger partial charge in [0, 0.05) is 30.6 Å². The highest BCUT2D eigenvalue weighted by Crippen LogP contribution is 2.32. The van der Waals surface area contributed by atoms with Crippen LogP contribution in [0.15, 0.2) is 71.8 Å². The lowest BCUT2D eigenvalue weighted by Crippen LogP contribution is -2.20. The van der Waals surface area contributed by atoms with Crippen LogP contribution in [0, 0.1) is 6.92 Å². The Labute approximate surface area is 183 Å². The molecule has 3 N–H and O–H groups in total. The Kier molecular flexibility index (Phi) is 4.48. The predicted molar refractivity (Wildman–Crippen MR) is 123 cm³/mol. The average molecular weight is 424 g/mol. The van der Waals surface area contributed by atoms with Crippen molar-refractivity contribution in [2.45, 2.75) is 6.92 Å². The summed E-state index contributed by atoms with van der Waals surface area (Å²) in [5.74, 6) is -0.553. The molecule has 158 valence electrons. The molecule has 0 aliphatic carbocycles. The highest BCUT2D eigenvalue weighted by atomic mass is 16.2. The number of nitrogens with two attached hydrogens (primary N) is 1. The van der Waals surface area contributed by atoms with Crippen molar-refractivity contribution >= 4 is 16.9 Å². The van der Waals surface area contributed by atoms with Gasteiger partial charge < -0.3 is 10.7 Å². The highest BCUT2D eigenvalue weighted by molar-refractivity contribution is 5.93. The van der Waals surface area contributed by atoms with E-state index in [0.29, 0.717) is 11.4 Å². The van der Waals surface area contributed by atoms with Crippen molar-refractivity contribution in [2.75, 3.05) is 0 Å². The number of nitrogens with one attached hydrogen (secondary N) is 1. The first kappa shape index (κ1) is 19.5. The van der Waals surface area contributed by atoms with Crippen LogP contribution < -0.4 is 11.4 Å². The third-order valence-corrected chi connectivity index (χ3v) is 5.49. The van der Waals surface area contributed by atoms with Gasteiger partial charge in [0.1, 0.15) is 0 Å². The van der Waals surface area contributed by atoms with Crippen LogP contribution in [0.25, 0.3) is 39.2 Å². The molecule has 3 heterocycles. The van der Waals surface area contributed by atoms with Crippen LogP contribution in [-0.4, -0.2) is 30.0 Å². The second-order valence-electron chi connectivity index (χ2n) is 7.63. The molecule has 5 aromatic rings. The van der Waals surface area contributed by atoms with Gasteiger partial charge in [0.25, 0.3) is 5.91 Å². The number of aryl methyl sites for hydroxylation is 2. The number of aromatic nitrogens is 5. The van der Waals surface area contributed by atoms with Crippen molar-refractivity contribution in [3.63, 3.8) is 0 Å². The normalized spacial score (nSPS) is 11.2. The number of benzene rings is 2. The van der Waals surface area contributed by atoms with Gasteiger partial charge >= 0.3 is 5.69 Å². The van der Waals surface area contributed by atoms with E-state index in [-0.39, 0.29) is 11.5 Å². The summed E-state index contributed by atoms with van der Waals surface area (Å²) in [6.45, 7) is 1.99. The average Bonchev–Trinajstić information content (AvgIpc) is 3.35. The Hall–Kier alpha value is -4.46. The summed E-state index contributed by atoms with van der Waals surface area (Å²) in [7, 11) is 1.73. The van der Waals surface area contributed by atoms with Crippen molar-refractivity contribution in [1.29, 1.82) is 0 Å². The van der Waals surface area contributed by atoms with Crippen LogP contribution in [0.2, 0.25) is 0 Å². The summed E-state index contributed by atoms with van der Waals surface area (Å²) < 4.78 is 3.24. The van der Waals surface area contributed by atoms with Crippen LogP contribution in [0.1, 0.15) is 16.2 Å². The van der Waals surface area contributed by atoms with Gasteiger partial charge in [-0.1, -0.05) is 29.8 Å². The number of aromatic amines is 1. The zero-order valence-electron chi connectivity index (χ0n) is 17.5. The quantitative estimate of drug-likeness (QED) is 0.461. The Morgan fingerprint density at radius 1 is 1.00 bits per heavy atom. The number of imidazole rings is 2. The van der Waals surface area contributed by atoms with Crippen LogP contribution in [0.5, 0.6) is 0 Å². The minimum Gasteiger partial charge on any atom is -0.363 e. The first-order valence-electron chi connectivity index (χ1n) is 10.0. The number of nitrogens with zero attached hydrogens (tertiary/aromatic N) is 4. The number of pyridine rings is 1. The molecule has 8 nitrogen and oxygen atoms in total. The summed E-state index contributed by atoms with van der Waals surface area (Å²) in [4.78, 5) is 36.4. The summed E-state index contributed by atoms with van der Waals surface area (Å²) in [6, 6.07) is 17.1. The summed E-state index contributed by atoms with van der Waals surface area (Å²) in [5.41, 5.74) is 11.6. The van der Waals surface area contributed by atoms with Gasteiger partial charge in [0.15, 0.2) is 5.82 Å². The molecular formula is C24H20N6O2. The van der Waals surface area contributed by atoms with E-state index in [2.05, 4.69) is 15.0 Å². The number of hydrogen-bond donors (Lipinski definition) is 2. The van der Waals surface area contributed by atoms with E-state index >= 15 is 0 Å². The van der Waals surface area contributed by atoms with E-state index in [9.17, 15) is 9.59 Å². The van der Waals surface area contributed by atoms with Crippen LogP contribution in [-0.2, 0) is 7.05 Å². The van der Waals surface area contributed by atoms with E-state index in [0.717, 1.165) is 33.4 Å². The Bertz CT molecular complexity index is 1540. The van der Waals surface area contributed by atoms with Crippen LogP contribution in [0.4, 0.5) is 0 Å². The molecule has 0 saturated heterocycles. The van der Waals surface area contributed by atoms with Crippen molar-refractivity contribution in [2.24, 2.45) is 12.8 Å². The van der Waals surface area contributed by atoms with Gasteiger partial charge in [-0.05, 0) is 37.3 Å². The summed E-state index contributed by atoms with van der Waals surface area (Å²) >= 11 is 0. The van der Waals surface area contributed by atoms with Crippen LogP contribution >= 0.6 is 0 Å². The fraction of sp³-hybridized carbons (Fsp3) is 0.0833. The maximum Gasteiger partial charge on any atom is 0.333 e. The van der Waals surface area contributed by atoms with Gasteiger partial charge in [-0.2, -0.15) is 0 Å². The lowest BCUT2D eigenvalue weighted by Gasteiger charge is -2.06. The number of H-pyrrole nitrogens is 1. The molecule has 3 aromatic heterocycles. The lowest BCUT2D eigenvalue weighted by molar-refractivity contribution is 0.0991. The number of carbonyl (C=O) groups is 1. The summed E-state index contributed by atoms with van der Waals surface area (Å²) in [6.07, 6.45) is 3.30. The van der Waals surface area contributed by atoms with Gasteiger partial charge in [-0.3, -0.25) is 18.9 Å². The number of carbonyl (C=O) groups excluding carboxylic acids is 1. The molecule has 2 aromatic carbocycles. The molecule has 0 aliphatic rings. The molecule has 8 heteroatoms. The molecule has 0 bridgehead atoms. The minimum absolute atomic E-state index is 0.0832. The van der Waals surface area contributed by atoms with Gasteiger partial charge in [-0.15, -0.1) is 0 Å². The highest BCUT2D eigenvalue weighted by Gasteiger charge is 2.19. The first-order valence-corrected chi connectivity index (χ1v) is 10.0. The first-order chi connectivity index (χ1) is 15.4. The number of fused-ring (bicyclic) bond motifs is 1. The molecule has 32 heavy (non-hydrogen) atoms. The molecule has 1 amide bonds.